The number of hydrogen-bond acceptors (Lipinski definition) is 1. The molecular weight excluding hydrogens is 315 g/mol. The quantitative estimate of drug-likeness (QED) is 0.390. The molecule has 19 heavy (non-hydrogen) atoms. The van der Waals surface area contributed by atoms with E-state index in [2.05, 4.69) is 51.1 Å². The number of aryl methyl sites for hydroxylation is 3. The van der Waals surface area contributed by atoms with Crippen molar-refractivity contribution in [2.75, 3.05) is 0 Å². The standard InChI is InChI=1S/C17H14SSe/c1-9-4-5-15-13(6-9)16-17(19-15)12-7-10(2)11(3)8-14(12)18-16/h4-8H,1-3H3. The molecule has 0 saturated carbocycles. The summed E-state index contributed by atoms with van der Waals surface area (Å²) in [4.78, 5) is 0. The molecule has 0 nitrogen and oxygen atoms in total. The van der Waals surface area contributed by atoms with Crippen molar-refractivity contribution >= 4 is 54.5 Å². The molecule has 4 aromatic rings. The predicted octanol–water partition coefficient (Wildman–Crippen LogP) is 5.19. The molecule has 0 aliphatic carbocycles. The Bertz CT molecular complexity index is 940. The Kier molecular flexibility index (Phi) is 2.44. The van der Waals surface area contributed by atoms with Crippen LogP contribution in [0.2, 0.25) is 0 Å². The van der Waals surface area contributed by atoms with Crippen molar-refractivity contribution in [2.45, 2.75) is 20.8 Å². The third kappa shape index (κ3) is 1.64. The van der Waals surface area contributed by atoms with E-state index in [1.54, 1.807) is 8.52 Å². The Morgan fingerprint density at radius 2 is 1.68 bits per heavy atom. The summed E-state index contributed by atoms with van der Waals surface area (Å²) >= 11 is 2.46. The van der Waals surface area contributed by atoms with Gasteiger partial charge in [-0.25, -0.2) is 0 Å². The molecule has 0 bridgehead atoms. The number of rotatable bonds is 0. The zero-order chi connectivity index (χ0) is 13.1. The molecule has 2 aromatic carbocycles. The van der Waals surface area contributed by atoms with Gasteiger partial charge in [-0.2, -0.15) is 0 Å². The summed E-state index contributed by atoms with van der Waals surface area (Å²) in [6.45, 7) is 6.62. The van der Waals surface area contributed by atoms with Crippen LogP contribution in [-0.4, -0.2) is 14.5 Å². The molecule has 0 aliphatic rings. The Morgan fingerprint density at radius 3 is 2.53 bits per heavy atom. The molecular formula is C17H14SSe. The fourth-order valence-corrected chi connectivity index (χ4v) is 6.93. The Morgan fingerprint density at radius 1 is 0.895 bits per heavy atom. The van der Waals surface area contributed by atoms with Gasteiger partial charge in [0, 0.05) is 0 Å². The van der Waals surface area contributed by atoms with Crippen molar-refractivity contribution < 1.29 is 0 Å². The molecule has 0 spiro atoms. The fourth-order valence-electron chi connectivity index (χ4n) is 2.63. The van der Waals surface area contributed by atoms with E-state index in [0.717, 1.165) is 0 Å². The zero-order valence-corrected chi connectivity index (χ0v) is 13.7. The summed E-state index contributed by atoms with van der Waals surface area (Å²) in [5.41, 5.74) is 4.19. The number of fused-ring (bicyclic) bond motifs is 5. The van der Waals surface area contributed by atoms with Crippen LogP contribution in [0.15, 0.2) is 30.3 Å². The zero-order valence-electron chi connectivity index (χ0n) is 11.2. The van der Waals surface area contributed by atoms with Crippen LogP contribution in [0.3, 0.4) is 0 Å². The van der Waals surface area contributed by atoms with Gasteiger partial charge in [-0.05, 0) is 0 Å². The molecule has 0 saturated heterocycles. The molecule has 0 unspecified atom stereocenters. The third-order valence-electron chi connectivity index (χ3n) is 3.85. The van der Waals surface area contributed by atoms with E-state index in [-0.39, 0.29) is 0 Å². The predicted molar refractivity (Wildman–Crippen MR) is 88.0 cm³/mol. The van der Waals surface area contributed by atoms with Crippen LogP contribution in [0.4, 0.5) is 0 Å². The maximum absolute atomic E-state index is 2.39. The molecule has 0 radical (unpaired) electrons. The second-order valence-corrected chi connectivity index (χ2v) is 8.55. The van der Waals surface area contributed by atoms with Crippen LogP contribution in [-0.2, 0) is 0 Å². The van der Waals surface area contributed by atoms with Crippen LogP contribution >= 0.6 is 11.3 Å². The first-order valence-electron chi connectivity index (χ1n) is 6.46. The minimum atomic E-state index is 0.484. The van der Waals surface area contributed by atoms with Crippen molar-refractivity contribution in [1.29, 1.82) is 0 Å². The SMILES string of the molecule is Cc1ccc2[se]c3c4cc(C)c(C)cc4sc3c2c1. The monoisotopic (exact) mass is 330 g/mol. The molecule has 2 aromatic heterocycles. The van der Waals surface area contributed by atoms with Crippen LogP contribution in [0.1, 0.15) is 16.7 Å². The van der Waals surface area contributed by atoms with Gasteiger partial charge in [0.15, 0.2) is 0 Å². The van der Waals surface area contributed by atoms with Gasteiger partial charge in [0.2, 0.25) is 0 Å². The molecule has 0 atom stereocenters. The summed E-state index contributed by atoms with van der Waals surface area (Å²) in [7, 11) is 0. The van der Waals surface area contributed by atoms with Gasteiger partial charge in [-0.3, -0.25) is 0 Å². The molecule has 0 amide bonds. The van der Waals surface area contributed by atoms with Crippen molar-refractivity contribution in [1.82, 2.24) is 0 Å². The Labute approximate surface area is 122 Å². The van der Waals surface area contributed by atoms with Crippen molar-refractivity contribution in [3.05, 3.63) is 47.0 Å². The topological polar surface area (TPSA) is 0 Å². The van der Waals surface area contributed by atoms with E-state index in [4.69, 9.17) is 0 Å². The van der Waals surface area contributed by atoms with Gasteiger partial charge in [0.05, 0.1) is 0 Å². The van der Waals surface area contributed by atoms with Crippen LogP contribution in [0.5, 0.6) is 0 Å². The maximum atomic E-state index is 2.39. The molecule has 94 valence electrons. The average molecular weight is 329 g/mol. The average Bonchev–Trinajstić information content (AvgIpc) is 2.87. The molecule has 2 heteroatoms. The summed E-state index contributed by atoms with van der Waals surface area (Å²) in [6.07, 6.45) is 0. The van der Waals surface area contributed by atoms with E-state index < -0.39 is 0 Å². The molecule has 2 heterocycles. The number of hydrogen-bond donors (Lipinski definition) is 0. The Balaban J connectivity index is 2.24. The normalized spacial score (nSPS) is 11.9. The second kappa shape index (κ2) is 3.96. The van der Waals surface area contributed by atoms with Crippen molar-refractivity contribution in [3.63, 3.8) is 0 Å². The first-order valence-corrected chi connectivity index (χ1v) is 8.99. The van der Waals surface area contributed by atoms with E-state index in [1.807, 2.05) is 11.3 Å². The number of benzene rings is 2. The molecule has 0 fully saturated rings. The van der Waals surface area contributed by atoms with Gasteiger partial charge in [0.1, 0.15) is 0 Å². The van der Waals surface area contributed by atoms with Gasteiger partial charge in [-0.1, -0.05) is 0 Å². The molecule has 0 aliphatic heterocycles. The van der Waals surface area contributed by atoms with Crippen LogP contribution in [0.25, 0.3) is 28.7 Å². The first-order chi connectivity index (χ1) is 9.13. The number of thiophene rings is 1. The fraction of sp³-hybridized carbons (Fsp3) is 0.176. The summed E-state index contributed by atoms with van der Waals surface area (Å²) in [5, 5.41) is 2.99. The van der Waals surface area contributed by atoms with Gasteiger partial charge in [-0.15, -0.1) is 0 Å². The van der Waals surface area contributed by atoms with Crippen LogP contribution < -0.4 is 0 Å². The van der Waals surface area contributed by atoms with Gasteiger partial charge >= 0.3 is 122 Å². The summed E-state index contributed by atoms with van der Waals surface area (Å²) < 4.78 is 6.15. The summed E-state index contributed by atoms with van der Waals surface area (Å²) in [6, 6.07) is 11.7. The van der Waals surface area contributed by atoms with Crippen molar-refractivity contribution in [2.24, 2.45) is 0 Å². The summed E-state index contributed by atoms with van der Waals surface area (Å²) in [5.74, 6) is 0. The van der Waals surface area contributed by atoms with Gasteiger partial charge in [0.25, 0.3) is 0 Å². The second-order valence-electron chi connectivity index (χ2n) is 5.29. The van der Waals surface area contributed by atoms with E-state index in [0.29, 0.717) is 14.5 Å². The molecule has 0 N–H and O–H groups in total. The molecule has 4 rings (SSSR count). The minimum absolute atomic E-state index is 0.484. The van der Waals surface area contributed by atoms with Crippen molar-refractivity contribution in [3.8, 4) is 0 Å². The third-order valence-corrected chi connectivity index (χ3v) is 7.85. The van der Waals surface area contributed by atoms with Crippen LogP contribution in [0, 0.1) is 20.8 Å². The van der Waals surface area contributed by atoms with E-state index in [9.17, 15) is 0 Å². The first kappa shape index (κ1) is 11.7. The van der Waals surface area contributed by atoms with Gasteiger partial charge < -0.3 is 0 Å². The Hall–Kier alpha value is -1.08. The van der Waals surface area contributed by atoms with E-state index in [1.165, 1.54) is 36.9 Å². The van der Waals surface area contributed by atoms with E-state index >= 15 is 0 Å².